The van der Waals surface area contributed by atoms with Gasteiger partial charge in [-0.2, -0.15) is 5.10 Å². The van der Waals surface area contributed by atoms with Gasteiger partial charge in [0.15, 0.2) is 0 Å². The minimum Gasteiger partial charge on any atom is -0.350 e. The van der Waals surface area contributed by atoms with E-state index in [0.29, 0.717) is 11.6 Å². The fourth-order valence-electron chi connectivity index (χ4n) is 3.53. The molecule has 34 heavy (non-hydrogen) atoms. The number of aromatic nitrogens is 3. The molecule has 0 aliphatic rings. The van der Waals surface area contributed by atoms with E-state index >= 15 is 4.39 Å². The SMILES string of the molecule is CCS(=O)(=O)Nc1cc(F)c(Nc2ccc(F)cc2F)c(-c2cn(C)c(=O)c3cn(C)nc23)c1. The number of nitrogens with one attached hydrogen (secondary N) is 2. The third kappa shape index (κ3) is 4.36. The highest BCUT2D eigenvalue weighted by molar-refractivity contribution is 7.92. The fraction of sp³-hybridized carbons (Fsp3) is 0.182. The molecule has 2 aromatic carbocycles. The summed E-state index contributed by atoms with van der Waals surface area (Å²) in [5, 5.41) is 7.19. The van der Waals surface area contributed by atoms with E-state index in [4.69, 9.17) is 0 Å². The van der Waals surface area contributed by atoms with Crippen molar-refractivity contribution in [2.24, 2.45) is 14.1 Å². The third-order valence-electron chi connectivity index (χ3n) is 5.18. The summed E-state index contributed by atoms with van der Waals surface area (Å²) < 4.78 is 72.3. The van der Waals surface area contributed by atoms with Gasteiger partial charge in [-0.15, -0.1) is 0 Å². The average Bonchev–Trinajstić information content (AvgIpc) is 3.15. The lowest BCUT2D eigenvalue weighted by Gasteiger charge is -2.17. The molecule has 8 nitrogen and oxygen atoms in total. The number of pyridine rings is 1. The van der Waals surface area contributed by atoms with Crippen LogP contribution in [0.1, 0.15) is 6.92 Å². The van der Waals surface area contributed by atoms with Gasteiger partial charge in [0.05, 0.1) is 28.2 Å². The molecule has 0 radical (unpaired) electrons. The van der Waals surface area contributed by atoms with Crippen molar-refractivity contribution in [1.82, 2.24) is 14.3 Å². The Kier molecular flexibility index (Phi) is 5.86. The van der Waals surface area contributed by atoms with Crippen LogP contribution in [0.5, 0.6) is 0 Å². The molecule has 0 bridgehead atoms. The fourth-order valence-corrected chi connectivity index (χ4v) is 4.15. The Balaban J connectivity index is 2.01. The molecule has 4 rings (SSSR count). The Morgan fingerprint density at radius 1 is 1.00 bits per heavy atom. The first-order valence-corrected chi connectivity index (χ1v) is 11.7. The first kappa shape index (κ1) is 23.4. The maximum Gasteiger partial charge on any atom is 0.261 e. The van der Waals surface area contributed by atoms with Crippen molar-refractivity contribution < 1.29 is 21.6 Å². The van der Waals surface area contributed by atoms with E-state index in [1.807, 2.05) is 0 Å². The molecule has 4 aromatic rings. The van der Waals surface area contributed by atoms with Crippen LogP contribution in [0.25, 0.3) is 22.0 Å². The lowest BCUT2D eigenvalue weighted by atomic mass is 10.0. The topological polar surface area (TPSA) is 98.0 Å². The maximum absolute atomic E-state index is 15.4. The summed E-state index contributed by atoms with van der Waals surface area (Å²) in [5.74, 6) is -2.91. The van der Waals surface area contributed by atoms with Crippen LogP contribution in [0.4, 0.5) is 30.2 Å². The van der Waals surface area contributed by atoms with Crippen LogP contribution in [0.3, 0.4) is 0 Å². The van der Waals surface area contributed by atoms with Gasteiger partial charge in [-0.1, -0.05) is 0 Å². The van der Waals surface area contributed by atoms with Crippen LogP contribution < -0.4 is 15.6 Å². The van der Waals surface area contributed by atoms with E-state index in [1.165, 1.54) is 41.7 Å². The second kappa shape index (κ2) is 8.52. The summed E-state index contributed by atoms with van der Waals surface area (Å²) in [5.41, 5.74) is -0.188. The predicted molar refractivity (Wildman–Crippen MR) is 124 cm³/mol. The van der Waals surface area contributed by atoms with E-state index in [-0.39, 0.29) is 44.8 Å². The molecule has 12 heteroatoms. The largest absolute Gasteiger partial charge is 0.350 e. The Labute approximate surface area is 192 Å². The highest BCUT2D eigenvalue weighted by Crippen LogP contribution is 2.38. The molecule has 0 spiro atoms. The quantitative estimate of drug-likeness (QED) is 0.427. The number of halogens is 3. The predicted octanol–water partition coefficient (Wildman–Crippen LogP) is 3.86. The van der Waals surface area contributed by atoms with Gasteiger partial charge in [-0.25, -0.2) is 21.6 Å². The van der Waals surface area contributed by atoms with E-state index in [2.05, 4.69) is 15.1 Å². The maximum atomic E-state index is 15.4. The molecule has 2 aromatic heterocycles. The van der Waals surface area contributed by atoms with Gasteiger partial charge in [0, 0.05) is 49.7 Å². The van der Waals surface area contributed by atoms with Crippen molar-refractivity contribution in [3.63, 3.8) is 0 Å². The number of hydrogen-bond acceptors (Lipinski definition) is 5. The zero-order valence-electron chi connectivity index (χ0n) is 18.4. The molecule has 0 aliphatic heterocycles. The second-order valence-electron chi connectivity index (χ2n) is 7.66. The first-order chi connectivity index (χ1) is 16.0. The van der Waals surface area contributed by atoms with Crippen molar-refractivity contribution in [2.45, 2.75) is 6.92 Å². The Morgan fingerprint density at radius 2 is 1.74 bits per heavy atom. The van der Waals surface area contributed by atoms with E-state index < -0.39 is 27.5 Å². The molecule has 0 amide bonds. The number of aryl methyl sites for hydroxylation is 2. The smallest absolute Gasteiger partial charge is 0.261 e. The van der Waals surface area contributed by atoms with Crippen molar-refractivity contribution in [3.05, 3.63) is 70.5 Å². The summed E-state index contributed by atoms with van der Waals surface area (Å²) in [6, 6.07) is 5.06. The number of nitrogens with zero attached hydrogens (tertiary/aromatic N) is 3. The van der Waals surface area contributed by atoms with Crippen LogP contribution in [0.2, 0.25) is 0 Å². The summed E-state index contributed by atoms with van der Waals surface area (Å²) in [6.45, 7) is 1.43. The standard InChI is InChI=1S/C22H20F3N5O3S/c1-4-34(32,33)28-13-8-14(15-10-29(2)22(31)16-11-30(3)27-20(15)16)21(18(25)9-13)26-19-6-5-12(23)7-17(19)24/h5-11,26,28H,4H2,1-3H3. The third-order valence-corrected chi connectivity index (χ3v) is 6.49. The normalized spacial score (nSPS) is 11.7. The van der Waals surface area contributed by atoms with Crippen LogP contribution in [-0.4, -0.2) is 28.5 Å². The Bertz CT molecular complexity index is 1600. The molecular weight excluding hydrogens is 471 g/mol. The minimum atomic E-state index is -3.74. The lowest BCUT2D eigenvalue weighted by molar-refractivity contribution is 0.585. The number of rotatable bonds is 6. The number of anilines is 3. The van der Waals surface area contributed by atoms with Crippen LogP contribution in [0, 0.1) is 17.5 Å². The molecule has 0 atom stereocenters. The molecule has 2 N–H and O–H groups in total. The van der Waals surface area contributed by atoms with Crippen molar-refractivity contribution in [3.8, 4) is 11.1 Å². The van der Waals surface area contributed by atoms with Crippen LogP contribution in [0.15, 0.2) is 47.5 Å². The molecule has 0 unspecified atom stereocenters. The number of fused-ring (bicyclic) bond motifs is 1. The number of sulfonamides is 1. The summed E-state index contributed by atoms with van der Waals surface area (Å²) in [4.78, 5) is 12.6. The Hall–Kier alpha value is -3.80. The summed E-state index contributed by atoms with van der Waals surface area (Å²) in [6.07, 6.45) is 2.94. The Morgan fingerprint density at radius 3 is 2.41 bits per heavy atom. The van der Waals surface area contributed by atoms with E-state index in [1.54, 1.807) is 7.05 Å². The molecule has 0 saturated heterocycles. The van der Waals surface area contributed by atoms with Gasteiger partial charge in [-0.3, -0.25) is 14.2 Å². The monoisotopic (exact) mass is 491 g/mol. The van der Waals surface area contributed by atoms with E-state index in [0.717, 1.165) is 18.2 Å². The van der Waals surface area contributed by atoms with Crippen LogP contribution in [-0.2, 0) is 24.1 Å². The molecule has 0 aliphatic carbocycles. The molecule has 2 heterocycles. The van der Waals surface area contributed by atoms with Gasteiger partial charge < -0.3 is 9.88 Å². The van der Waals surface area contributed by atoms with Crippen LogP contribution >= 0.6 is 0 Å². The summed E-state index contributed by atoms with van der Waals surface area (Å²) in [7, 11) is -0.620. The first-order valence-electron chi connectivity index (χ1n) is 10.1. The van der Waals surface area contributed by atoms with Gasteiger partial charge in [0.1, 0.15) is 23.0 Å². The van der Waals surface area contributed by atoms with Crippen molar-refractivity contribution in [1.29, 1.82) is 0 Å². The molecular formula is C22H20F3N5O3S. The van der Waals surface area contributed by atoms with E-state index in [9.17, 15) is 22.0 Å². The number of hydrogen-bond donors (Lipinski definition) is 2. The summed E-state index contributed by atoms with van der Waals surface area (Å²) >= 11 is 0. The van der Waals surface area contributed by atoms with Gasteiger partial charge in [0.2, 0.25) is 10.0 Å². The molecule has 0 saturated carbocycles. The zero-order valence-corrected chi connectivity index (χ0v) is 19.2. The molecule has 0 fully saturated rings. The van der Waals surface area contributed by atoms with Crippen molar-refractivity contribution >= 4 is 38.0 Å². The molecule has 178 valence electrons. The number of benzene rings is 2. The second-order valence-corrected chi connectivity index (χ2v) is 9.67. The highest BCUT2D eigenvalue weighted by atomic mass is 32.2. The van der Waals surface area contributed by atoms with Gasteiger partial charge in [0.25, 0.3) is 5.56 Å². The average molecular weight is 491 g/mol. The zero-order chi connectivity index (χ0) is 24.8. The minimum absolute atomic E-state index is 0.0718. The van der Waals surface area contributed by atoms with Crippen molar-refractivity contribution in [2.75, 3.05) is 15.8 Å². The highest BCUT2D eigenvalue weighted by Gasteiger charge is 2.21. The lowest BCUT2D eigenvalue weighted by Crippen LogP contribution is -2.17. The van der Waals surface area contributed by atoms with Gasteiger partial charge in [-0.05, 0) is 25.1 Å². The van der Waals surface area contributed by atoms with Gasteiger partial charge >= 0.3 is 0 Å².